The van der Waals surface area contributed by atoms with Crippen molar-refractivity contribution < 1.29 is 18.9 Å². The van der Waals surface area contributed by atoms with E-state index in [0.29, 0.717) is 11.3 Å². The van der Waals surface area contributed by atoms with E-state index in [1.54, 1.807) is 30.3 Å². The van der Waals surface area contributed by atoms with Crippen molar-refractivity contribution in [2.75, 3.05) is 5.32 Å². The maximum atomic E-state index is 14.0. The average Bonchev–Trinajstić information content (AvgIpc) is 2.75. The van der Waals surface area contributed by atoms with Crippen LogP contribution in [-0.2, 0) is 4.79 Å². The molecule has 3 aromatic rings. The van der Waals surface area contributed by atoms with Gasteiger partial charge in [0, 0.05) is 17.8 Å². The number of hydrogen-bond acceptors (Lipinski definition) is 4. The van der Waals surface area contributed by atoms with E-state index in [0.717, 1.165) is 11.6 Å². The molecule has 2 N–H and O–H groups in total. The smallest absolute Gasteiger partial charge is 0.272 e. The second-order valence-corrected chi connectivity index (χ2v) is 6.66. The van der Waals surface area contributed by atoms with Crippen molar-refractivity contribution in [1.29, 1.82) is 0 Å². The van der Waals surface area contributed by atoms with Crippen molar-refractivity contribution in [3.63, 3.8) is 0 Å². The zero-order chi connectivity index (χ0) is 22.4. The van der Waals surface area contributed by atoms with Gasteiger partial charge in [-0.2, -0.15) is 0 Å². The Morgan fingerprint density at radius 1 is 1.00 bits per heavy atom. The normalized spacial score (nSPS) is 11.0. The van der Waals surface area contributed by atoms with E-state index in [1.807, 2.05) is 6.92 Å². The fourth-order valence-corrected chi connectivity index (χ4v) is 2.72. The molecule has 0 aliphatic carbocycles. The van der Waals surface area contributed by atoms with Gasteiger partial charge in [0.05, 0.1) is 10.5 Å². The Morgan fingerprint density at radius 2 is 1.71 bits per heavy atom. The number of nitrogens with zero attached hydrogens (tertiary/aromatic N) is 1. The molecule has 0 aromatic heterocycles. The number of benzene rings is 3. The summed E-state index contributed by atoms with van der Waals surface area (Å²) in [5, 5.41) is 16.1. The lowest BCUT2D eigenvalue weighted by atomic mass is 10.1. The summed E-state index contributed by atoms with van der Waals surface area (Å²) in [5.74, 6) is -2.23. The van der Waals surface area contributed by atoms with Crippen molar-refractivity contribution in [1.82, 2.24) is 5.32 Å². The minimum absolute atomic E-state index is 0.174. The average molecular weight is 419 g/mol. The first-order valence-electron chi connectivity index (χ1n) is 9.23. The summed E-state index contributed by atoms with van der Waals surface area (Å²) in [6.45, 7) is 1.90. The fraction of sp³-hybridized carbons (Fsp3) is 0.0435. The molecule has 0 fully saturated rings. The van der Waals surface area contributed by atoms with Crippen LogP contribution in [0.25, 0.3) is 6.08 Å². The minimum atomic E-state index is -0.825. The van der Waals surface area contributed by atoms with Crippen molar-refractivity contribution in [2.24, 2.45) is 0 Å². The molecule has 3 rings (SSSR count). The first-order chi connectivity index (χ1) is 14.8. The van der Waals surface area contributed by atoms with Crippen LogP contribution in [0.3, 0.4) is 0 Å². The summed E-state index contributed by atoms with van der Waals surface area (Å²) < 4.78 is 14.0. The van der Waals surface area contributed by atoms with E-state index in [2.05, 4.69) is 10.6 Å². The van der Waals surface area contributed by atoms with E-state index in [1.165, 1.54) is 42.5 Å². The summed E-state index contributed by atoms with van der Waals surface area (Å²) in [7, 11) is 0. The Balaban J connectivity index is 1.94. The number of halogens is 1. The predicted octanol–water partition coefficient (Wildman–Crippen LogP) is 4.45. The van der Waals surface area contributed by atoms with E-state index < -0.39 is 22.6 Å². The molecular weight excluding hydrogens is 401 g/mol. The van der Waals surface area contributed by atoms with Crippen LogP contribution in [0.2, 0.25) is 0 Å². The first-order valence-corrected chi connectivity index (χ1v) is 9.23. The van der Waals surface area contributed by atoms with E-state index >= 15 is 0 Å². The van der Waals surface area contributed by atoms with Crippen molar-refractivity contribution in [3.8, 4) is 0 Å². The molecule has 0 spiro atoms. The van der Waals surface area contributed by atoms with Crippen molar-refractivity contribution in [2.45, 2.75) is 6.92 Å². The maximum absolute atomic E-state index is 14.0. The monoisotopic (exact) mass is 419 g/mol. The van der Waals surface area contributed by atoms with Gasteiger partial charge in [-0.3, -0.25) is 19.7 Å². The van der Waals surface area contributed by atoms with Crippen LogP contribution in [0, 0.1) is 22.9 Å². The standard InChI is InChI=1S/C23H18FN3O4/c1-15-9-11-17(12-10-15)25-23(29)21(14-16-5-4-6-18(13-16)27(30)31)26-22(28)19-7-2-3-8-20(19)24/h2-14H,1H3,(H,25,29)(H,26,28). The number of carbonyl (C=O) groups excluding carboxylic acids is 2. The predicted molar refractivity (Wildman–Crippen MR) is 115 cm³/mol. The number of carbonyl (C=O) groups is 2. The van der Waals surface area contributed by atoms with Crippen LogP contribution in [0.1, 0.15) is 21.5 Å². The van der Waals surface area contributed by atoms with Gasteiger partial charge in [-0.1, -0.05) is 42.0 Å². The number of hydrogen-bond donors (Lipinski definition) is 2. The Morgan fingerprint density at radius 3 is 2.39 bits per heavy atom. The van der Waals surface area contributed by atoms with Gasteiger partial charge in [-0.05, 0) is 42.8 Å². The lowest BCUT2D eigenvalue weighted by Gasteiger charge is -2.12. The third-order valence-electron chi connectivity index (χ3n) is 4.31. The number of nitro benzene ring substituents is 1. The molecule has 8 heteroatoms. The zero-order valence-electron chi connectivity index (χ0n) is 16.5. The molecule has 0 aliphatic heterocycles. The second kappa shape index (κ2) is 9.45. The van der Waals surface area contributed by atoms with E-state index in [4.69, 9.17) is 0 Å². The minimum Gasteiger partial charge on any atom is -0.321 e. The highest BCUT2D eigenvalue weighted by Crippen LogP contribution is 2.17. The highest BCUT2D eigenvalue weighted by atomic mass is 19.1. The molecule has 3 aromatic carbocycles. The molecule has 2 amide bonds. The molecular formula is C23H18FN3O4. The number of anilines is 1. The van der Waals surface area contributed by atoms with Gasteiger partial charge in [0.2, 0.25) is 0 Å². The van der Waals surface area contributed by atoms with E-state index in [9.17, 15) is 24.1 Å². The molecule has 0 atom stereocenters. The number of nitro groups is 1. The molecule has 0 saturated heterocycles. The van der Waals surface area contributed by atoms with Crippen LogP contribution in [0.15, 0.2) is 78.5 Å². The van der Waals surface area contributed by atoms with Gasteiger partial charge in [-0.15, -0.1) is 0 Å². The largest absolute Gasteiger partial charge is 0.321 e. The number of rotatable bonds is 6. The lowest BCUT2D eigenvalue weighted by Crippen LogP contribution is -2.31. The van der Waals surface area contributed by atoms with Gasteiger partial charge in [-0.25, -0.2) is 4.39 Å². The molecule has 0 heterocycles. The number of aryl methyl sites for hydroxylation is 1. The van der Waals surface area contributed by atoms with Crippen LogP contribution < -0.4 is 10.6 Å². The SMILES string of the molecule is Cc1ccc(NC(=O)C(=Cc2cccc([N+](=O)[O-])c2)NC(=O)c2ccccc2F)cc1. The lowest BCUT2D eigenvalue weighted by molar-refractivity contribution is -0.384. The molecule has 0 aliphatic rings. The Kier molecular flexibility index (Phi) is 6.51. The fourth-order valence-electron chi connectivity index (χ4n) is 2.72. The van der Waals surface area contributed by atoms with Crippen LogP contribution in [0.5, 0.6) is 0 Å². The Hall–Kier alpha value is -4.33. The van der Waals surface area contributed by atoms with Gasteiger partial charge in [0.25, 0.3) is 17.5 Å². The van der Waals surface area contributed by atoms with Crippen molar-refractivity contribution >= 4 is 29.3 Å². The van der Waals surface area contributed by atoms with Crippen LogP contribution in [-0.4, -0.2) is 16.7 Å². The molecule has 156 valence electrons. The number of nitrogens with one attached hydrogen (secondary N) is 2. The molecule has 7 nitrogen and oxygen atoms in total. The third kappa shape index (κ3) is 5.60. The topological polar surface area (TPSA) is 101 Å². The second-order valence-electron chi connectivity index (χ2n) is 6.66. The summed E-state index contributed by atoms with van der Waals surface area (Å²) in [6, 6.07) is 17.9. The summed E-state index contributed by atoms with van der Waals surface area (Å²) in [4.78, 5) is 35.9. The summed E-state index contributed by atoms with van der Waals surface area (Å²) in [5.41, 5.74) is 1.19. The quantitative estimate of drug-likeness (QED) is 0.350. The number of amides is 2. The highest BCUT2D eigenvalue weighted by Gasteiger charge is 2.18. The first kappa shape index (κ1) is 21.4. The molecule has 0 saturated carbocycles. The summed E-state index contributed by atoms with van der Waals surface area (Å²) in [6.07, 6.45) is 1.29. The molecule has 0 unspecified atom stereocenters. The van der Waals surface area contributed by atoms with Gasteiger partial charge in [0.15, 0.2) is 0 Å². The number of non-ortho nitro benzene ring substituents is 1. The van der Waals surface area contributed by atoms with Gasteiger partial charge >= 0.3 is 0 Å². The van der Waals surface area contributed by atoms with Crippen LogP contribution in [0.4, 0.5) is 15.8 Å². The van der Waals surface area contributed by atoms with E-state index in [-0.39, 0.29) is 16.9 Å². The Labute approximate surface area is 177 Å². The third-order valence-corrected chi connectivity index (χ3v) is 4.31. The van der Waals surface area contributed by atoms with Gasteiger partial charge in [0.1, 0.15) is 11.5 Å². The Bertz CT molecular complexity index is 1170. The van der Waals surface area contributed by atoms with Gasteiger partial charge < -0.3 is 10.6 Å². The zero-order valence-corrected chi connectivity index (χ0v) is 16.5. The molecule has 0 bridgehead atoms. The van der Waals surface area contributed by atoms with Crippen molar-refractivity contribution in [3.05, 3.63) is 111 Å². The maximum Gasteiger partial charge on any atom is 0.272 e. The van der Waals surface area contributed by atoms with Crippen LogP contribution >= 0.6 is 0 Å². The summed E-state index contributed by atoms with van der Waals surface area (Å²) >= 11 is 0. The molecule has 31 heavy (non-hydrogen) atoms. The molecule has 0 radical (unpaired) electrons. The highest BCUT2D eigenvalue weighted by molar-refractivity contribution is 6.10.